The highest BCUT2D eigenvalue weighted by Gasteiger charge is 2.29. The summed E-state index contributed by atoms with van der Waals surface area (Å²) < 4.78 is 29.1. The Labute approximate surface area is 88.0 Å². The molecule has 1 aromatic heterocycles. The van der Waals surface area contributed by atoms with Crippen molar-refractivity contribution in [3.05, 3.63) is 33.6 Å². The van der Waals surface area contributed by atoms with Crippen molar-refractivity contribution in [1.82, 2.24) is 4.98 Å². The van der Waals surface area contributed by atoms with Crippen LogP contribution in [0.1, 0.15) is 22.3 Å². The second-order valence-electron chi connectivity index (χ2n) is 2.67. The van der Waals surface area contributed by atoms with Gasteiger partial charge in [-0.15, -0.1) is 0 Å². The number of methoxy groups -OCH3 is 1. The number of hydrogen-bond acceptors (Lipinski definition) is 5. The van der Waals surface area contributed by atoms with Gasteiger partial charge in [-0.05, 0) is 0 Å². The summed E-state index contributed by atoms with van der Waals surface area (Å²) >= 11 is 0. The molecule has 0 N–H and O–H groups in total. The minimum absolute atomic E-state index is 0.592. The average molecular weight is 232 g/mol. The second-order valence-corrected chi connectivity index (χ2v) is 2.67. The molecule has 0 amide bonds. The summed E-state index contributed by atoms with van der Waals surface area (Å²) in [6, 6.07) is 0. The Kier molecular flexibility index (Phi) is 3.44. The molecule has 0 aliphatic rings. The number of carbonyl (C=O) groups is 1. The molecule has 0 unspecified atom stereocenters. The molecule has 0 aromatic carbocycles. The van der Waals surface area contributed by atoms with Crippen LogP contribution in [0.3, 0.4) is 0 Å². The number of esters is 1. The fourth-order valence-electron chi connectivity index (χ4n) is 1.09. The van der Waals surface area contributed by atoms with E-state index in [1.807, 2.05) is 0 Å². The third-order valence-electron chi connectivity index (χ3n) is 1.77. The molecule has 0 saturated heterocycles. The highest BCUT2D eigenvalue weighted by Crippen LogP contribution is 2.31. The molecular weight excluding hydrogens is 226 g/mol. The normalized spacial score (nSPS) is 10.2. The van der Waals surface area contributed by atoms with Gasteiger partial charge in [0.15, 0.2) is 5.56 Å². The summed E-state index contributed by atoms with van der Waals surface area (Å²) in [5, 5.41) is 10.6. The number of alkyl halides is 2. The number of rotatable bonds is 3. The monoisotopic (exact) mass is 232 g/mol. The SMILES string of the molecule is COC(=O)c1cncc(C(F)F)c1[N+](=O)[O-]. The zero-order chi connectivity index (χ0) is 12.3. The van der Waals surface area contributed by atoms with Crippen LogP contribution < -0.4 is 0 Å². The van der Waals surface area contributed by atoms with Gasteiger partial charge in [0.2, 0.25) is 0 Å². The maximum atomic E-state index is 12.4. The molecule has 1 rings (SSSR count). The molecule has 0 saturated carbocycles. The number of nitro groups is 1. The lowest BCUT2D eigenvalue weighted by Gasteiger charge is -2.04. The Balaban J connectivity index is 3.44. The molecule has 0 radical (unpaired) electrons. The van der Waals surface area contributed by atoms with Crippen molar-refractivity contribution in [1.29, 1.82) is 0 Å². The van der Waals surface area contributed by atoms with Gasteiger partial charge >= 0.3 is 5.97 Å². The summed E-state index contributed by atoms with van der Waals surface area (Å²) in [5.41, 5.74) is -2.48. The van der Waals surface area contributed by atoms with Crippen molar-refractivity contribution in [3.63, 3.8) is 0 Å². The van der Waals surface area contributed by atoms with Gasteiger partial charge in [0.25, 0.3) is 12.1 Å². The first-order valence-electron chi connectivity index (χ1n) is 3.97. The molecule has 86 valence electrons. The minimum atomic E-state index is -3.09. The van der Waals surface area contributed by atoms with Crippen molar-refractivity contribution >= 4 is 11.7 Å². The molecule has 0 fully saturated rings. The largest absolute Gasteiger partial charge is 0.465 e. The molecule has 0 spiro atoms. The van der Waals surface area contributed by atoms with Crippen LogP contribution in [0.5, 0.6) is 0 Å². The summed E-state index contributed by atoms with van der Waals surface area (Å²) in [6.45, 7) is 0. The van der Waals surface area contributed by atoms with Crippen LogP contribution in [0.2, 0.25) is 0 Å². The predicted molar refractivity (Wildman–Crippen MR) is 47.2 cm³/mol. The number of aromatic nitrogens is 1. The van der Waals surface area contributed by atoms with Crippen molar-refractivity contribution < 1.29 is 23.2 Å². The lowest BCUT2D eigenvalue weighted by atomic mass is 10.1. The highest BCUT2D eigenvalue weighted by atomic mass is 19.3. The topological polar surface area (TPSA) is 82.3 Å². The lowest BCUT2D eigenvalue weighted by Crippen LogP contribution is -2.09. The number of halogens is 2. The Bertz CT molecular complexity index is 436. The van der Waals surface area contributed by atoms with Crippen LogP contribution >= 0.6 is 0 Å². The van der Waals surface area contributed by atoms with E-state index in [9.17, 15) is 23.7 Å². The van der Waals surface area contributed by atoms with Gasteiger partial charge in [-0.25, -0.2) is 13.6 Å². The Morgan fingerprint density at radius 1 is 1.56 bits per heavy atom. The van der Waals surface area contributed by atoms with Crippen molar-refractivity contribution in [3.8, 4) is 0 Å². The molecule has 0 aliphatic heterocycles. The molecule has 0 bridgehead atoms. The number of hydrogen-bond donors (Lipinski definition) is 0. The van der Waals surface area contributed by atoms with Gasteiger partial charge in [-0.1, -0.05) is 0 Å². The van der Waals surface area contributed by atoms with E-state index in [-0.39, 0.29) is 0 Å². The fraction of sp³-hybridized carbons (Fsp3) is 0.250. The fourth-order valence-corrected chi connectivity index (χ4v) is 1.09. The number of carbonyl (C=O) groups excluding carboxylic acids is 1. The molecule has 1 aromatic rings. The second kappa shape index (κ2) is 4.60. The summed E-state index contributed by atoms with van der Waals surface area (Å²) in [5.74, 6) is -1.08. The summed E-state index contributed by atoms with van der Waals surface area (Å²) in [6.07, 6.45) is -1.62. The summed E-state index contributed by atoms with van der Waals surface area (Å²) in [7, 11) is 0.987. The van der Waals surface area contributed by atoms with Gasteiger partial charge in [0.1, 0.15) is 5.56 Å². The van der Waals surface area contributed by atoms with Gasteiger partial charge in [-0.3, -0.25) is 15.1 Å². The quantitative estimate of drug-likeness (QED) is 0.450. The van der Waals surface area contributed by atoms with Crippen LogP contribution in [0, 0.1) is 10.1 Å². The van der Waals surface area contributed by atoms with Crippen LogP contribution in [0.15, 0.2) is 12.4 Å². The van der Waals surface area contributed by atoms with E-state index in [0.717, 1.165) is 13.3 Å². The maximum Gasteiger partial charge on any atom is 0.346 e. The van der Waals surface area contributed by atoms with E-state index in [1.165, 1.54) is 0 Å². The van der Waals surface area contributed by atoms with Gasteiger partial charge in [-0.2, -0.15) is 0 Å². The number of nitrogens with zero attached hydrogens (tertiary/aromatic N) is 2. The van der Waals surface area contributed by atoms with Crippen LogP contribution in [-0.4, -0.2) is 23.0 Å². The van der Waals surface area contributed by atoms with E-state index >= 15 is 0 Å². The zero-order valence-electron chi connectivity index (χ0n) is 8.02. The van der Waals surface area contributed by atoms with E-state index in [1.54, 1.807) is 0 Å². The Morgan fingerprint density at radius 2 is 2.19 bits per heavy atom. The standard InChI is InChI=1S/C8H6F2N2O4/c1-16-8(13)5-3-11-2-4(7(9)10)6(5)12(14)15/h2-3,7H,1H3. The molecule has 1 heterocycles. The maximum absolute atomic E-state index is 12.4. The third-order valence-corrected chi connectivity index (χ3v) is 1.77. The third kappa shape index (κ3) is 2.10. The van der Waals surface area contributed by atoms with Crippen molar-refractivity contribution in [2.45, 2.75) is 6.43 Å². The van der Waals surface area contributed by atoms with Crippen molar-refractivity contribution in [2.75, 3.05) is 7.11 Å². The van der Waals surface area contributed by atoms with Gasteiger partial charge in [0, 0.05) is 12.4 Å². The molecule has 16 heavy (non-hydrogen) atoms. The number of pyridine rings is 1. The van der Waals surface area contributed by atoms with E-state index in [4.69, 9.17) is 0 Å². The van der Waals surface area contributed by atoms with Crippen molar-refractivity contribution in [2.24, 2.45) is 0 Å². The first-order valence-corrected chi connectivity index (χ1v) is 3.97. The predicted octanol–water partition coefficient (Wildman–Crippen LogP) is 1.71. The van der Waals surface area contributed by atoms with Gasteiger partial charge in [0.05, 0.1) is 12.0 Å². The smallest absolute Gasteiger partial charge is 0.346 e. The highest BCUT2D eigenvalue weighted by molar-refractivity contribution is 5.94. The Morgan fingerprint density at radius 3 is 2.62 bits per heavy atom. The molecular formula is C8H6F2N2O4. The number of ether oxygens (including phenoxy) is 1. The van der Waals surface area contributed by atoms with Gasteiger partial charge < -0.3 is 4.74 Å². The van der Waals surface area contributed by atoms with Crippen LogP contribution in [0.25, 0.3) is 0 Å². The lowest BCUT2D eigenvalue weighted by molar-refractivity contribution is -0.386. The molecule has 0 atom stereocenters. The van der Waals surface area contributed by atoms with E-state index in [2.05, 4.69) is 9.72 Å². The first kappa shape index (κ1) is 12.0. The molecule has 8 heteroatoms. The zero-order valence-corrected chi connectivity index (χ0v) is 8.02. The Hall–Kier alpha value is -2.12. The molecule has 0 aliphatic carbocycles. The summed E-state index contributed by atoms with van der Waals surface area (Å²) in [4.78, 5) is 24.0. The molecule has 6 nitrogen and oxygen atoms in total. The minimum Gasteiger partial charge on any atom is -0.465 e. The van der Waals surface area contributed by atoms with E-state index < -0.39 is 34.1 Å². The average Bonchev–Trinajstić information content (AvgIpc) is 2.26. The van der Waals surface area contributed by atoms with E-state index in [0.29, 0.717) is 6.20 Å². The van der Waals surface area contributed by atoms with Crippen LogP contribution in [-0.2, 0) is 4.74 Å². The first-order chi connectivity index (χ1) is 7.49. The van der Waals surface area contributed by atoms with Crippen LogP contribution in [0.4, 0.5) is 14.5 Å².